The normalized spacial score (nSPS) is 18.3. The molecule has 0 atom stereocenters. The largest absolute Gasteiger partial charge is 0.377 e. The Hall–Kier alpha value is -2.59. The van der Waals surface area contributed by atoms with Crippen molar-refractivity contribution in [2.24, 2.45) is 5.92 Å². The van der Waals surface area contributed by atoms with Crippen LogP contribution in [-0.4, -0.2) is 31.7 Å². The summed E-state index contributed by atoms with van der Waals surface area (Å²) in [5.41, 5.74) is 11.0. The van der Waals surface area contributed by atoms with Crippen molar-refractivity contribution in [3.63, 3.8) is 0 Å². The van der Waals surface area contributed by atoms with Crippen molar-refractivity contribution in [2.45, 2.75) is 72.9 Å². The number of anilines is 2. The van der Waals surface area contributed by atoms with Crippen LogP contribution in [0.5, 0.6) is 0 Å². The Bertz CT molecular complexity index is 1130. The lowest BCUT2D eigenvalue weighted by molar-refractivity contribution is 0.324. The molecule has 0 bridgehead atoms. The topological polar surface area (TPSA) is 40.2 Å². The number of aromatic nitrogens is 1. The zero-order valence-corrected chi connectivity index (χ0v) is 22.2. The van der Waals surface area contributed by atoms with E-state index in [1.807, 2.05) is 0 Å². The Labute approximate surface area is 206 Å². The Morgan fingerprint density at radius 2 is 1.47 bits per heavy atom. The molecule has 1 aromatic heterocycles. The van der Waals surface area contributed by atoms with Crippen LogP contribution in [0.15, 0.2) is 30.3 Å². The second-order valence-electron chi connectivity index (χ2n) is 10.5. The fraction of sp³-hybridized carbons (Fsp3) is 0.500. The van der Waals surface area contributed by atoms with E-state index >= 15 is 0 Å². The molecule has 2 aromatic carbocycles. The van der Waals surface area contributed by atoms with E-state index in [1.165, 1.54) is 70.1 Å². The van der Waals surface area contributed by atoms with Crippen molar-refractivity contribution in [2.75, 3.05) is 30.9 Å². The summed E-state index contributed by atoms with van der Waals surface area (Å²) >= 11 is 0. The van der Waals surface area contributed by atoms with E-state index in [0.29, 0.717) is 6.04 Å². The maximum Gasteiger partial charge on any atom is 0.128 e. The molecule has 0 saturated heterocycles. The van der Waals surface area contributed by atoms with Crippen molar-refractivity contribution < 1.29 is 0 Å². The minimum atomic E-state index is 0.506. The van der Waals surface area contributed by atoms with E-state index in [4.69, 9.17) is 4.98 Å². The Balaban J connectivity index is 1.32. The molecule has 1 aliphatic rings. The molecule has 4 heteroatoms. The van der Waals surface area contributed by atoms with Crippen LogP contribution in [0.4, 0.5) is 11.5 Å². The molecule has 1 saturated carbocycles. The molecular weight excluding hydrogens is 416 g/mol. The monoisotopic (exact) mass is 458 g/mol. The average Bonchev–Trinajstić information content (AvgIpc) is 2.84. The van der Waals surface area contributed by atoms with Crippen LogP contribution in [-0.2, 0) is 6.54 Å². The highest BCUT2D eigenvalue weighted by Crippen LogP contribution is 2.31. The van der Waals surface area contributed by atoms with Gasteiger partial charge >= 0.3 is 0 Å². The zero-order chi connectivity index (χ0) is 24.4. The van der Waals surface area contributed by atoms with Crippen molar-refractivity contribution in [3.05, 3.63) is 63.7 Å². The van der Waals surface area contributed by atoms with Crippen molar-refractivity contribution in [1.82, 2.24) is 10.3 Å². The molecule has 1 aliphatic carbocycles. The molecule has 2 N–H and O–H groups in total. The quantitative estimate of drug-likeness (QED) is 0.418. The third-order valence-corrected chi connectivity index (χ3v) is 8.27. The number of para-hydroxylation sites is 1. The van der Waals surface area contributed by atoms with E-state index in [9.17, 15) is 0 Å². The maximum atomic E-state index is 4.90. The number of fused-ring (bicyclic) bond motifs is 1. The fourth-order valence-electron chi connectivity index (χ4n) is 5.57. The van der Waals surface area contributed by atoms with Gasteiger partial charge in [0.25, 0.3) is 0 Å². The summed E-state index contributed by atoms with van der Waals surface area (Å²) < 4.78 is 0. The Morgan fingerprint density at radius 3 is 2.12 bits per heavy atom. The van der Waals surface area contributed by atoms with E-state index < -0.39 is 0 Å². The summed E-state index contributed by atoms with van der Waals surface area (Å²) in [4.78, 5) is 7.08. The third-order valence-electron chi connectivity index (χ3n) is 8.27. The van der Waals surface area contributed by atoms with Gasteiger partial charge in [-0.3, -0.25) is 0 Å². The third kappa shape index (κ3) is 5.07. The molecule has 182 valence electrons. The summed E-state index contributed by atoms with van der Waals surface area (Å²) in [6, 6.07) is 11.1. The van der Waals surface area contributed by atoms with Crippen LogP contribution < -0.4 is 15.5 Å². The van der Waals surface area contributed by atoms with E-state index in [2.05, 4.69) is 94.6 Å². The molecule has 4 rings (SSSR count). The Morgan fingerprint density at radius 1 is 0.853 bits per heavy atom. The predicted octanol–water partition coefficient (Wildman–Crippen LogP) is 6.60. The SMILES string of the molecule is Cc1c(C)c(C)c(CNC[C@H]2CC[C@@H](Nc3cc(N(C)C)c4ccccc4n3)CC2)c(C)c1C. The number of benzene rings is 2. The molecule has 4 nitrogen and oxygen atoms in total. The number of rotatable bonds is 7. The molecule has 3 aromatic rings. The first kappa shape index (κ1) is 24.5. The highest BCUT2D eigenvalue weighted by molar-refractivity contribution is 5.93. The standard InChI is InChI=1S/C30H42N4/c1-19-20(2)22(4)27(23(5)21(19)3)18-31-17-24-12-14-25(15-13-24)32-30-16-29(34(6)7)26-10-8-9-11-28(26)33-30/h8-11,16,24-25,31H,12-15,17-18H2,1-7H3,(H,32,33)/t24-,25+. The lowest BCUT2D eigenvalue weighted by Gasteiger charge is -2.30. The van der Waals surface area contributed by atoms with E-state index in [-0.39, 0.29) is 0 Å². The molecule has 0 spiro atoms. The van der Waals surface area contributed by atoms with Crippen LogP contribution in [0.3, 0.4) is 0 Å². The van der Waals surface area contributed by atoms with Crippen LogP contribution in [0.1, 0.15) is 59.1 Å². The van der Waals surface area contributed by atoms with Crippen LogP contribution in [0.25, 0.3) is 10.9 Å². The number of nitrogens with zero attached hydrogens (tertiary/aromatic N) is 2. The van der Waals surface area contributed by atoms with Gasteiger partial charge in [-0.05, 0) is 112 Å². The van der Waals surface area contributed by atoms with Gasteiger partial charge in [0.2, 0.25) is 0 Å². The maximum absolute atomic E-state index is 4.90. The lowest BCUT2D eigenvalue weighted by atomic mass is 9.85. The summed E-state index contributed by atoms with van der Waals surface area (Å²) in [7, 11) is 4.21. The molecule has 1 heterocycles. The second-order valence-corrected chi connectivity index (χ2v) is 10.5. The highest BCUT2D eigenvalue weighted by atomic mass is 15.1. The summed E-state index contributed by atoms with van der Waals surface area (Å²) in [5, 5.41) is 8.74. The molecule has 0 radical (unpaired) electrons. The molecule has 1 fully saturated rings. The van der Waals surface area contributed by atoms with Gasteiger partial charge in [-0.1, -0.05) is 18.2 Å². The molecular formula is C30H42N4. The molecule has 0 aliphatic heterocycles. The second kappa shape index (κ2) is 10.4. The van der Waals surface area contributed by atoms with Gasteiger partial charge in [-0.15, -0.1) is 0 Å². The van der Waals surface area contributed by atoms with Gasteiger partial charge in [0.05, 0.1) is 5.52 Å². The van der Waals surface area contributed by atoms with Gasteiger partial charge in [0.15, 0.2) is 0 Å². The van der Waals surface area contributed by atoms with Crippen molar-refractivity contribution in [3.8, 4) is 0 Å². The summed E-state index contributed by atoms with van der Waals surface area (Å²) in [6.07, 6.45) is 4.95. The van der Waals surface area contributed by atoms with Gasteiger partial charge in [-0.2, -0.15) is 0 Å². The fourth-order valence-corrected chi connectivity index (χ4v) is 5.57. The Kier molecular flexibility index (Phi) is 7.47. The smallest absolute Gasteiger partial charge is 0.128 e. The minimum absolute atomic E-state index is 0.506. The number of hydrogen-bond acceptors (Lipinski definition) is 4. The van der Waals surface area contributed by atoms with Gasteiger partial charge in [-0.25, -0.2) is 4.98 Å². The van der Waals surface area contributed by atoms with E-state index in [0.717, 1.165) is 30.3 Å². The average molecular weight is 459 g/mol. The van der Waals surface area contributed by atoms with Crippen LogP contribution in [0, 0.1) is 40.5 Å². The zero-order valence-electron chi connectivity index (χ0n) is 22.2. The first-order chi connectivity index (χ1) is 16.3. The van der Waals surface area contributed by atoms with Gasteiger partial charge < -0.3 is 15.5 Å². The summed E-state index contributed by atoms with van der Waals surface area (Å²) in [5.74, 6) is 1.76. The van der Waals surface area contributed by atoms with Crippen molar-refractivity contribution in [1.29, 1.82) is 0 Å². The predicted molar refractivity (Wildman–Crippen MR) is 147 cm³/mol. The summed E-state index contributed by atoms with van der Waals surface area (Å²) in [6.45, 7) is 13.4. The number of pyridine rings is 1. The first-order valence-corrected chi connectivity index (χ1v) is 12.9. The molecule has 0 unspecified atom stereocenters. The number of nitrogens with one attached hydrogen (secondary N) is 2. The van der Waals surface area contributed by atoms with Gasteiger partial charge in [0.1, 0.15) is 5.82 Å². The highest BCUT2D eigenvalue weighted by Gasteiger charge is 2.22. The molecule has 0 amide bonds. The first-order valence-electron chi connectivity index (χ1n) is 12.9. The van der Waals surface area contributed by atoms with Gasteiger partial charge in [0, 0.05) is 43.8 Å². The van der Waals surface area contributed by atoms with Crippen molar-refractivity contribution >= 4 is 22.4 Å². The van der Waals surface area contributed by atoms with E-state index in [1.54, 1.807) is 0 Å². The molecule has 34 heavy (non-hydrogen) atoms. The van der Waals surface area contributed by atoms with Crippen LogP contribution >= 0.6 is 0 Å². The van der Waals surface area contributed by atoms with Crippen LogP contribution in [0.2, 0.25) is 0 Å². The number of hydrogen-bond donors (Lipinski definition) is 2. The minimum Gasteiger partial charge on any atom is -0.377 e. The lowest BCUT2D eigenvalue weighted by Crippen LogP contribution is -2.31.